The van der Waals surface area contributed by atoms with Crippen molar-refractivity contribution in [3.63, 3.8) is 0 Å². The Morgan fingerprint density at radius 3 is 2.62 bits per heavy atom. The van der Waals surface area contributed by atoms with Crippen LogP contribution in [0, 0.1) is 5.82 Å². The molecule has 88 valence electrons. The Hall–Kier alpha value is -1.42. The summed E-state index contributed by atoms with van der Waals surface area (Å²) in [6.45, 7) is 5.04. The zero-order valence-electron chi connectivity index (χ0n) is 9.75. The van der Waals surface area contributed by atoms with Crippen molar-refractivity contribution in [3.05, 3.63) is 35.6 Å². The van der Waals surface area contributed by atoms with Crippen molar-refractivity contribution >= 4 is 5.91 Å². The molecule has 16 heavy (non-hydrogen) atoms. The standard InChI is InChI=1S/C12H17FN2O/c1-8(15-11(16)12(2,3)14)9-5-4-6-10(13)7-9/h4-8H,14H2,1-3H3,(H,15,16)/t8-/m1/s1. The van der Waals surface area contributed by atoms with E-state index in [1.807, 2.05) is 0 Å². The van der Waals surface area contributed by atoms with Crippen LogP contribution >= 0.6 is 0 Å². The second-order valence-corrected chi connectivity index (χ2v) is 4.47. The predicted molar refractivity (Wildman–Crippen MR) is 61.2 cm³/mol. The Balaban J connectivity index is 2.73. The summed E-state index contributed by atoms with van der Waals surface area (Å²) >= 11 is 0. The number of carbonyl (C=O) groups is 1. The van der Waals surface area contributed by atoms with Crippen molar-refractivity contribution in [3.8, 4) is 0 Å². The fourth-order valence-corrected chi connectivity index (χ4v) is 1.24. The molecule has 1 amide bonds. The molecule has 0 radical (unpaired) electrons. The number of hydrogen-bond acceptors (Lipinski definition) is 2. The summed E-state index contributed by atoms with van der Waals surface area (Å²) in [7, 11) is 0. The first-order valence-corrected chi connectivity index (χ1v) is 5.16. The molecule has 0 bridgehead atoms. The molecule has 1 atom stereocenters. The minimum absolute atomic E-state index is 0.258. The minimum Gasteiger partial charge on any atom is -0.348 e. The van der Waals surface area contributed by atoms with Gasteiger partial charge in [0.1, 0.15) is 5.82 Å². The van der Waals surface area contributed by atoms with E-state index in [-0.39, 0.29) is 17.8 Å². The maximum absolute atomic E-state index is 13.0. The number of hydrogen-bond donors (Lipinski definition) is 2. The SMILES string of the molecule is C[C@@H](NC(=O)C(C)(C)N)c1cccc(F)c1. The number of nitrogens with two attached hydrogens (primary N) is 1. The maximum Gasteiger partial charge on any atom is 0.239 e. The third kappa shape index (κ3) is 3.31. The Kier molecular flexibility index (Phi) is 3.65. The van der Waals surface area contributed by atoms with Crippen molar-refractivity contribution < 1.29 is 9.18 Å². The molecule has 0 unspecified atom stereocenters. The summed E-state index contributed by atoms with van der Waals surface area (Å²) in [5.74, 6) is -0.574. The van der Waals surface area contributed by atoms with Crippen LogP contribution in [-0.4, -0.2) is 11.4 Å². The summed E-state index contributed by atoms with van der Waals surface area (Å²) in [4.78, 5) is 11.6. The molecule has 1 rings (SSSR count). The first-order chi connectivity index (χ1) is 7.30. The van der Waals surface area contributed by atoms with Crippen molar-refractivity contribution in [2.24, 2.45) is 5.73 Å². The lowest BCUT2D eigenvalue weighted by atomic mass is 10.0. The number of rotatable bonds is 3. The lowest BCUT2D eigenvalue weighted by Crippen LogP contribution is -2.49. The highest BCUT2D eigenvalue weighted by molar-refractivity contribution is 5.85. The molecule has 3 N–H and O–H groups in total. The van der Waals surface area contributed by atoms with Gasteiger partial charge in [0.15, 0.2) is 0 Å². The van der Waals surface area contributed by atoms with Crippen LogP contribution in [0.25, 0.3) is 0 Å². The van der Waals surface area contributed by atoms with E-state index in [9.17, 15) is 9.18 Å². The van der Waals surface area contributed by atoms with Crippen molar-refractivity contribution in [2.45, 2.75) is 32.4 Å². The van der Waals surface area contributed by atoms with E-state index >= 15 is 0 Å². The average molecular weight is 224 g/mol. The number of halogens is 1. The molecule has 4 heteroatoms. The molecule has 0 aliphatic heterocycles. The highest BCUT2D eigenvalue weighted by Crippen LogP contribution is 2.14. The lowest BCUT2D eigenvalue weighted by Gasteiger charge is -2.22. The molecule has 0 fully saturated rings. The number of nitrogens with one attached hydrogen (secondary N) is 1. The first kappa shape index (κ1) is 12.6. The molecule has 3 nitrogen and oxygen atoms in total. The fraction of sp³-hybridized carbons (Fsp3) is 0.417. The van der Waals surface area contributed by atoms with Gasteiger partial charge in [-0.2, -0.15) is 0 Å². The molecule has 1 aromatic carbocycles. The number of benzene rings is 1. The van der Waals surface area contributed by atoms with Gasteiger partial charge in [-0.05, 0) is 38.5 Å². The number of carbonyl (C=O) groups excluding carboxylic acids is 1. The molecule has 1 aromatic rings. The monoisotopic (exact) mass is 224 g/mol. The summed E-state index contributed by atoms with van der Waals surface area (Å²) in [6, 6.07) is 5.88. The van der Waals surface area contributed by atoms with Gasteiger partial charge in [-0.1, -0.05) is 12.1 Å². The van der Waals surface area contributed by atoms with Crippen LogP contribution < -0.4 is 11.1 Å². The van der Waals surface area contributed by atoms with E-state index in [1.54, 1.807) is 32.9 Å². The molecule has 0 saturated carbocycles. The van der Waals surface area contributed by atoms with Crippen LogP contribution in [0.3, 0.4) is 0 Å². The largest absolute Gasteiger partial charge is 0.348 e. The Labute approximate surface area is 94.8 Å². The van der Waals surface area contributed by atoms with Crippen LogP contribution in [0.4, 0.5) is 4.39 Å². The van der Waals surface area contributed by atoms with Gasteiger partial charge in [0.2, 0.25) is 5.91 Å². The lowest BCUT2D eigenvalue weighted by molar-refractivity contribution is -0.125. The molecule has 0 saturated heterocycles. The highest BCUT2D eigenvalue weighted by Gasteiger charge is 2.23. The molecule has 0 spiro atoms. The van der Waals surface area contributed by atoms with E-state index < -0.39 is 5.54 Å². The quantitative estimate of drug-likeness (QED) is 0.821. The molecule has 0 aliphatic carbocycles. The van der Waals surface area contributed by atoms with Gasteiger partial charge in [-0.3, -0.25) is 4.79 Å². The topological polar surface area (TPSA) is 55.1 Å². The van der Waals surface area contributed by atoms with E-state index in [0.717, 1.165) is 5.56 Å². The minimum atomic E-state index is -0.929. The van der Waals surface area contributed by atoms with E-state index in [4.69, 9.17) is 5.73 Å². The van der Waals surface area contributed by atoms with E-state index in [0.29, 0.717) is 0 Å². The first-order valence-electron chi connectivity index (χ1n) is 5.16. The van der Waals surface area contributed by atoms with Gasteiger partial charge in [0.25, 0.3) is 0 Å². The van der Waals surface area contributed by atoms with Gasteiger partial charge in [0, 0.05) is 0 Å². The summed E-state index contributed by atoms with van der Waals surface area (Å²) in [5, 5.41) is 2.73. The van der Waals surface area contributed by atoms with Crippen molar-refractivity contribution in [1.29, 1.82) is 0 Å². The molecule has 0 aromatic heterocycles. The van der Waals surface area contributed by atoms with Gasteiger partial charge in [-0.25, -0.2) is 4.39 Å². The second kappa shape index (κ2) is 4.61. The average Bonchev–Trinajstić information content (AvgIpc) is 2.16. The summed E-state index contributed by atoms with van der Waals surface area (Å²) < 4.78 is 13.0. The third-order valence-electron chi connectivity index (χ3n) is 2.28. The molecular weight excluding hydrogens is 207 g/mol. The Bertz CT molecular complexity index is 385. The zero-order chi connectivity index (χ0) is 12.3. The van der Waals surface area contributed by atoms with E-state index in [1.165, 1.54) is 12.1 Å². The molecule has 0 aliphatic rings. The van der Waals surface area contributed by atoms with Gasteiger partial charge >= 0.3 is 0 Å². The van der Waals surface area contributed by atoms with Crippen molar-refractivity contribution in [2.75, 3.05) is 0 Å². The van der Waals surface area contributed by atoms with Crippen LogP contribution in [0.5, 0.6) is 0 Å². The van der Waals surface area contributed by atoms with Gasteiger partial charge in [-0.15, -0.1) is 0 Å². The Morgan fingerprint density at radius 1 is 1.50 bits per heavy atom. The predicted octanol–water partition coefficient (Wildman–Crippen LogP) is 1.74. The van der Waals surface area contributed by atoms with Crippen molar-refractivity contribution in [1.82, 2.24) is 5.32 Å². The highest BCUT2D eigenvalue weighted by atomic mass is 19.1. The normalized spacial score (nSPS) is 13.3. The summed E-state index contributed by atoms with van der Waals surface area (Å²) in [6.07, 6.45) is 0. The van der Waals surface area contributed by atoms with Crippen LogP contribution in [-0.2, 0) is 4.79 Å². The van der Waals surface area contributed by atoms with Crippen LogP contribution in [0.2, 0.25) is 0 Å². The summed E-state index contributed by atoms with van der Waals surface area (Å²) in [5.41, 5.74) is 5.44. The molecule has 0 heterocycles. The smallest absolute Gasteiger partial charge is 0.239 e. The number of amides is 1. The van der Waals surface area contributed by atoms with Gasteiger partial charge < -0.3 is 11.1 Å². The maximum atomic E-state index is 13.0. The van der Waals surface area contributed by atoms with Gasteiger partial charge in [0.05, 0.1) is 11.6 Å². The third-order valence-corrected chi connectivity index (χ3v) is 2.28. The van der Waals surface area contributed by atoms with Crippen LogP contribution in [0.15, 0.2) is 24.3 Å². The van der Waals surface area contributed by atoms with Crippen LogP contribution in [0.1, 0.15) is 32.4 Å². The zero-order valence-corrected chi connectivity index (χ0v) is 9.75. The molecular formula is C12H17FN2O. The second-order valence-electron chi connectivity index (χ2n) is 4.47. The fourth-order valence-electron chi connectivity index (χ4n) is 1.24. The van der Waals surface area contributed by atoms with E-state index in [2.05, 4.69) is 5.32 Å². The Morgan fingerprint density at radius 2 is 2.12 bits per heavy atom.